The molecule has 2 rings (SSSR count). The fourth-order valence-electron chi connectivity index (χ4n) is 2.67. The summed E-state index contributed by atoms with van der Waals surface area (Å²) in [5, 5.41) is 0. The Bertz CT molecular complexity index is 420. The predicted molar refractivity (Wildman–Crippen MR) is 81.2 cm³/mol. The average Bonchev–Trinajstić information content (AvgIpc) is 2.78. The Morgan fingerprint density at radius 3 is 2.48 bits per heavy atom. The topological polar surface area (TPSA) is 56.7 Å². The van der Waals surface area contributed by atoms with E-state index in [1.54, 1.807) is 27.4 Å². The lowest BCUT2D eigenvalue weighted by molar-refractivity contribution is 0.176. The van der Waals surface area contributed by atoms with E-state index >= 15 is 0 Å². The molecule has 6 heteroatoms. The van der Waals surface area contributed by atoms with Crippen molar-refractivity contribution in [3.63, 3.8) is 0 Å². The Kier molecular flexibility index (Phi) is 6.04. The van der Waals surface area contributed by atoms with Crippen molar-refractivity contribution in [2.75, 3.05) is 45.9 Å². The van der Waals surface area contributed by atoms with E-state index in [-0.39, 0.29) is 0 Å². The van der Waals surface area contributed by atoms with Gasteiger partial charge in [0.1, 0.15) is 0 Å². The Balaban J connectivity index is 2.14. The van der Waals surface area contributed by atoms with Crippen molar-refractivity contribution in [2.45, 2.75) is 25.7 Å². The van der Waals surface area contributed by atoms with Gasteiger partial charge in [0.05, 0.1) is 20.3 Å². The molecule has 0 aliphatic carbocycles. The summed E-state index contributed by atoms with van der Waals surface area (Å²) in [4.78, 5) is 11.2. The molecule has 0 radical (unpaired) electrons. The first kappa shape index (κ1) is 15.8. The van der Waals surface area contributed by atoms with Crippen LogP contribution in [0.25, 0.3) is 0 Å². The summed E-state index contributed by atoms with van der Waals surface area (Å²) in [6.07, 6.45) is 4.72. The van der Waals surface area contributed by atoms with Gasteiger partial charge in [-0.25, -0.2) is 0 Å². The van der Waals surface area contributed by atoms with Gasteiger partial charge in [0, 0.05) is 26.8 Å². The number of rotatable bonds is 6. The van der Waals surface area contributed by atoms with E-state index in [2.05, 4.69) is 14.9 Å². The van der Waals surface area contributed by atoms with Crippen LogP contribution in [0.4, 0.5) is 5.95 Å². The maximum Gasteiger partial charge on any atom is 0.231 e. The van der Waals surface area contributed by atoms with Gasteiger partial charge in [-0.3, -0.25) is 0 Å². The summed E-state index contributed by atoms with van der Waals surface area (Å²) < 4.78 is 15.7. The first-order chi connectivity index (χ1) is 10.3. The standard InChI is InChI=1S/C15H25N3O3/c1-19-9-7-12-6-4-5-8-18(11-12)15-16-13(20-2)10-14(17-15)21-3/h10,12H,4-9,11H2,1-3H3. The van der Waals surface area contributed by atoms with Crippen LogP contribution in [0.1, 0.15) is 25.7 Å². The van der Waals surface area contributed by atoms with Crippen LogP contribution in [0.5, 0.6) is 11.8 Å². The molecule has 1 unspecified atom stereocenters. The summed E-state index contributed by atoms with van der Waals surface area (Å²) in [5.74, 6) is 2.38. The van der Waals surface area contributed by atoms with Crippen molar-refractivity contribution in [3.8, 4) is 11.8 Å². The van der Waals surface area contributed by atoms with Crippen molar-refractivity contribution >= 4 is 5.95 Å². The number of hydrogen-bond donors (Lipinski definition) is 0. The number of ether oxygens (including phenoxy) is 3. The number of nitrogens with zero attached hydrogens (tertiary/aromatic N) is 3. The molecule has 1 aromatic rings. The van der Waals surface area contributed by atoms with Gasteiger partial charge in [-0.15, -0.1) is 0 Å². The average molecular weight is 295 g/mol. The first-order valence-electron chi connectivity index (χ1n) is 7.47. The van der Waals surface area contributed by atoms with Crippen molar-refractivity contribution in [1.82, 2.24) is 9.97 Å². The Hall–Kier alpha value is -1.56. The van der Waals surface area contributed by atoms with Crippen LogP contribution in [0.15, 0.2) is 6.07 Å². The highest BCUT2D eigenvalue weighted by Crippen LogP contribution is 2.25. The van der Waals surface area contributed by atoms with E-state index in [1.807, 2.05) is 0 Å². The molecule has 1 aliphatic rings. The van der Waals surface area contributed by atoms with E-state index < -0.39 is 0 Å². The molecule has 6 nitrogen and oxygen atoms in total. The minimum absolute atomic E-state index is 0.537. The lowest BCUT2D eigenvalue weighted by Crippen LogP contribution is -2.30. The molecular formula is C15H25N3O3. The smallest absolute Gasteiger partial charge is 0.231 e. The van der Waals surface area contributed by atoms with Gasteiger partial charge in [0.15, 0.2) is 0 Å². The molecule has 118 valence electrons. The van der Waals surface area contributed by atoms with E-state index in [9.17, 15) is 0 Å². The van der Waals surface area contributed by atoms with Gasteiger partial charge < -0.3 is 19.1 Å². The van der Waals surface area contributed by atoms with Crippen molar-refractivity contribution < 1.29 is 14.2 Å². The molecule has 21 heavy (non-hydrogen) atoms. The molecular weight excluding hydrogens is 270 g/mol. The number of aromatic nitrogens is 2. The second-order valence-electron chi connectivity index (χ2n) is 5.34. The lowest BCUT2D eigenvalue weighted by Gasteiger charge is -2.24. The Morgan fingerprint density at radius 2 is 1.86 bits per heavy atom. The number of methoxy groups -OCH3 is 3. The fourth-order valence-corrected chi connectivity index (χ4v) is 2.67. The summed E-state index contributed by atoms with van der Waals surface area (Å²) in [6, 6.07) is 1.70. The second kappa shape index (κ2) is 8.02. The normalized spacial score (nSPS) is 19.2. The number of hydrogen-bond acceptors (Lipinski definition) is 6. The minimum atomic E-state index is 0.537. The fraction of sp³-hybridized carbons (Fsp3) is 0.733. The molecule has 1 aromatic heterocycles. The van der Waals surface area contributed by atoms with Crippen LogP contribution in [0, 0.1) is 5.92 Å². The van der Waals surface area contributed by atoms with Crippen molar-refractivity contribution in [1.29, 1.82) is 0 Å². The van der Waals surface area contributed by atoms with E-state index in [0.29, 0.717) is 23.6 Å². The van der Waals surface area contributed by atoms with Crippen LogP contribution in [-0.2, 0) is 4.74 Å². The minimum Gasteiger partial charge on any atom is -0.481 e. The molecule has 2 heterocycles. The quantitative estimate of drug-likeness (QED) is 0.801. The predicted octanol–water partition coefficient (Wildman–Crippen LogP) is 2.14. The molecule has 1 saturated heterocycles. The molecule has 1 atom stereocenters. The summed E-state index contributed by atoms with van der Waals surface area (Å²) in [5.41, 5.74) is 0. The molecule has 0 aromatic carbocycles. The zero-order valence-electron chi connectivity index (χ0n) is 13.2. The van der Waals surface area contributed by atoms with E-state index in [1.165, 1.54) is 12.8 Å². The maximum absolute atomic E-state index is 5.23. The summed E-state index contributed by atoms with van der Waals surface area (Å²) in [7, 11) is 4.97. The van der Waals surface area contributed by atoms with E-state index in [4.69, 9.17) is 14.2 Å². The summed E-state index contributed by atoms with van der Waals surface area (Å²) in [6.45, 7) is 2.74. The van der Waals surface area contributed by atoms with Crippen molar-refractivity contribution in [3.05, 3.63) is 6.07 Å². The molecule has 0 saturated carbocycles. The van der Waals surface area contributed by atoms with Gasteiger partial charge in [-0.05, 0) is 25.2 Å². The van der Waals surface area contributed by atoms with Crippen LogP contribution in [-0.4, -0.2) is 51.0 Å². The van der Waals surface area contributed by atoms with Crippen molar-refractivity contribution in [2.24, 2.45) is 5.92 Å². The molecule has 0 bridgehead atoms. The van der Waals surface area contributed by atoms with Crippen LogP contribution in [0.3, 0.4) is 0 Å². The zero-order chi connectivity index (χ0) is 15.1. The molecule has 1 fully saturated rings. The molecule has 0 N–H and O–H groups in total. The zero-order valence-corrected chi connectivity index (χ0v) is 13.2. The van der Waals surface area contributed by atoms with Gasteiger partial charge in [0.2, 0.25) is 17.7 Å². The highest BCUT2D eigenvalue weighted by molar-refractivity contribution is 5.37. The van der Waals surface area contributed by atoms with Crippen LogP contribution in [0.2, 0.25) is 0 Å². The first-order valence-corrected chi connectivity index (χ1v) is 7.47. The number of anilines is 1. The van der Waals surface area contributed by atoms with E-state index in [0.717, 1.165) is 32.5 Å². The molecule has 1 aliphatic heterocycles. The lowest BCUT2D eigenvalue weighted by atomic mass is 10.0. The highest BCUT2D eigenvalue weighted by Gasteiger charge is 2.21. The van der Waals surface area contributed by atoms with Crippen LogP contribution < -0.4 is 14.4 Å². The van der Waals surface area contributed by atoms with Gasteiger partial charge in [-0.2, -0.15) is 9.97 Å². The highest BCUT2D eigenvalue weighted by atomic mass is 16.5. The largest absolute Gasteiger partial charge is 0.481 e. The monoisotopic (exact) mass is 295 g/mol. The molecule has 0 amide bonds. The third-order valence-corrected chi connectivity index (χ3v) is 3.87. The maximum atomic E-state index is 5.23. The summed E-state index contributed by atoms with van der Waals surface area (Å²) >= 11 is 0. The van der Waals surface area contributed by atoms with Crippen LogP contribution >= 0.6 is 0 Å². The SMILES string of the molecule is COCCC1CCCCN(c2nc(OC)cc(OC)n2)C1. The second-order valence-corrected chi connectivity index (χ2v) is 5.34. The molecule has 0 spiro atoms. The Labute approximate surface area is 126 Å². The van der Waals surface area contributed by atoms with Gasteiger partial charge in [0.25, 0.3) is 0 Å². The Morgan fingerprint density at radius 1 is 1.14 bits per heavy atom. The van der Waals surface area contributed by atoms with Gasteiger partial charge in [-0.1, -0.05) is 6.42 Å². The third kappa shape index (κ3) is 4.46. The van der Waals surface area contributed by atoms with Gasteiger partial charge >= 0.3 is 0 Å². The third-order valence-electron chi connectivity index (χ3n) is 3.87.